The minimum absolute atomic E-state index is 0.0428. The first kappa shape index (κ1) is 21.5. The SMILES string of the molecule is CN1C(=O)C(=O)C(C(=O)NCc2cc(Cl)ccc2Cl)N=C1N1CCCCS1(=O)=O. The fourth-order valence-corrected chi connectivity index (χ4v) is 5.01. The maximum absolute atomic E-state index is 12.6. The number of nitrogens with zero attached hydrogens (tertiary/aromatic N) is 3. The molecule has 0 aromatic heterocycles. The molecule has 0 saturated carbocycles. The van der Waals surface area contributed by atoms with Gasteiger partial charge < -0.3 is 5.32 Å². The van der Waals surface area contributed by atoms with Crippen LogP contribution >= 0.6 is 23.2 Å². The largest absolute Gasteiger partial charge is 0.350 e. The van der Waals surface area contributed by atoms with Gasteiger partial charge in [0.25, 0.3) is 17.6 Å². The minimum Gasteiger partial charge on any atom is -0.350 e. The Morgan fingerprint density at radius 1 is 1.28 bits per heavy atom. The summed E-state index contributed by atoms with van der Waals surface area (Å²) in [5, 5.41) is 3.28. The average Bonchev–Trinajstić information content (AvgIpc) is 2.67. The molecule has 1 aromatic carbocycles. The molecule has 12 heteroatoms. The fraction of sp³-hybridized carbons (Fsp3) is 0.412. The fourth-order valence-electron chi connectivity index (χ4n) is 3.01. The zero-order chi connectivity index (χ0) is 21.3. The van der Waals surface area contributed by atoms with Gasteiger partial charge in [-0.3, -0.25) is 19.3 Å². The lowest BCUT2D eigenvalue weighted by molar-refractivity contribution is -0.145. The van der Waals surface area contributed by atoms with Crippen LogP contribution in [-0.2, 0) is 31.0 Å². The summed E-state index contributed by atoms with van der Waals surface area (Å²) in [7, 11) is -2.43. The smallest absolute Gasteiger partial charge is 0.299 e. The van der Waals surface area contributed by atoms with Crippen molar-refractivity contribution in [3.05, 3.63) is 33.8 Å². The second kappa shape index (κ2) is 8.29. The third kappa shape index (κ3) is 4.39. The molecule has 0 bridgehead atoms. The molecule has 1 N–H and O–H groups in total. The van der Waals surface area contributed by atoms with Crippen LogP contribution in [-0.4, -0.2) is 66.6 Å². The molecular weight excluding hydrogens is 443 g/mol. The quantitative estimate of drug-likeness (QED) is 0.528. The first-order chi connectivity index (χ1) is 13.6. The number of aliphatic imine (C=N–C) groups is 1. The summed E-state index contributed by atoms with van der Waals surface area (Å²) in [6.07, 6.45) is 1.07. The molecule has 29 heavy (non-hydrogen) atoms. The Hall–Kier alpha value is -2.17. The number of ketones is 1. The molecule has 9 nitrogen and oxygen atoms in total. The summed E-state index contributed by atoms with van der Waals surface area (Å²) in [6.45, 7) is 0.0817. The molecule has 2 aliphatic rings. The number of nitrogens with one attached hydrogen (secondary N) is 1. The number of guanidine groups is 1. The molecule has 156 valence electrons. The maximum Gasteiger partial charge on any atom is 0.299 e. The van der Waals surface area contributed by atoms with Gasteiger partial charge in [0.15, 0.2) is 6.04 Å². The van der Waals surface area contributed by atoms with Gasteiger partial charge >= 0.3 is 0 Å². The number of carbonyl (C=O) groups excluding carboxylic acids is 3. The molecule has 2 heterocycles. The number of hydrogen-bond donors (Lipinski definition) is 1. The molecule has 1 aromatic rings. The van der Waals surface area contributed by atoms with Gasteiger partial charge in [0.05, 0.1) is 5.75 Å². The molecule has 3 rings (SSSR count). The predicted molar refractivity (Wildman–Crippen MR) is 107 cm³/mol. The predicted octanol–water partition coefficient (Wildman–Crippen LogP) is 0.801. The number of halogens is 2. The van der Waals surface area contributed by atoms with Gasteiger partial charge in [0, 0.05) is 30.2 Å². The zero-order valence-electron chi connectivity index (χ0n) is 15.4. The van der Waals surface area contributed by atoms with Crippen LogP contribution in [0.1, 0.15) is 18.4 Å². The van der Waals surface area contributed by atoms with Crippen molar-refractivity contribution >= 4 is 56.8 Å². The Morgan fingerprint density at radius 3 is 2.69 bits per heavy atom. The number of rotatable bonds is 3. The average molecular weight is 461 g/mol. The number of amides is 2. The van der Waals surface area contributed by atoms with Gasteiger partial charge in [-0.25, -0.2) is 17.7 Å². The molecule has 2 amide bonds. The van der Waals surface area contributed by atoms with Crippen molar-refractivity contribution in [1.82, 2.24) is 14.5 Å². The van der Waals surface area contributed by atoms with Crippen molar-refractivity contribution in [2.24, 2.45) is 4.99 Å². The highest BCUT2D eigenvalue weighted by Gasteiger charge is 2.43. The second-order valence-electron chi connectivity index (χ2n) is 6.61. The summed E-state index contributed by atoms with van der Waals surface area (Å²) in [6, 6.07) is 3.03. The van der Waals surface area contributed by atoms with E-state index < -0.39 is 33.7 Å². The molecular formula is C17H18Cl2N4O5S. The van der Waals surface area contributed by atoms with E-state index in [1.54, 1.807) is 18.2 Å². The van der Waals surface area contributed by atoms with Crippen LogP contribution in [0.25, 0.3) is 0 Å². The number of likely N-dealkylation sites (N-methyl/N-ethyl adjacent to an activating group) is 1. The van der Waals surface area contributed by atoms with Gasteiger partial charge in [-0.2, -0.15) is 0 Å². The van der Waals surface area contributed by atoms with E-state index in [2.05, 4.69) is 10.3 Å². The summed E-state index contributed by atoms with van der Waals surface area (Å²) in [4.78, 5) is 42.1. The Labute approximate surface area is 177 Å². The van der Waals surface area contributed by atoms with E-state index in [9.17, 15) is 22.8 Å². The van der Waals surface area contributed by atoms with Gasteiger partial charge in [-0.1, -0.05) is 23.2 Å². The third-order valence-corrected chi connectivity index (χ3v) is 7.02. The topological polar surface area (TPSA) is 116 Å². The number of sulfonamides is 1. The molecule has 0 spiro atoms. The Balaban J connectivity index is 1.85. The van der Waals surface area contributed by atoms with E-state index in [0.717, 1.165) is 9.21 Å². The lowest BCUT2D eigenvalue weighted by Crippen LogP contribution is -2.58. The molecule has 1 unspecified atom stereocenters. The standard InChI is InChI=1S/C17H18Cl2N4O5S/c1-22-16(26)14(24)13(21-17(22)23-6-2-3-7-29(23,27)28)15(25)20-9-10-8-11(18)4-5-12(10)19/h4-5,8,13H,2-3,6-7,9H2,1H3,(H,20,25). The third-order valence-electron chi connectivity index (χ3n) is 4.59. The molecule has 0 radical (unpaired) electrons. The van der Waals surface area contributed by atoms with Crippen LogP contribution in [0.4, 0.5) is 0 Å². The number of Topliss-reactive ketones (excluding diaryl/α,β-unsaturated/α-hetero) is 1. The maximum atomic E-state index is 12.6. The van der Waals surface area contributed by atoms with E-state index in [-0.39, 0.29) is 24.8 Å². The van der Waals surface area contributed by atoms with Crippen LogP contribution in [0.5, 0.6) is 0 Å². The number of hydrogen-bond acceptors (Lipinski definition) is 6. The Morgan fingerprint density at radius 2 is 2.00 bits per heavy atom. The molecule has 2 aliphatic heterocycles. The summed E-state index contributed by atoms with van der Waals surface area (Å²) in [5.74, 6) is -3.20. The second-order valence-corrected chi connectivity index (χ2v) is 9.47. The minimum atomic E-state index is -3.68. The highest BCUT2D eigenvalue weighted by Crippen LogP contribution is 2.21. The van der Waals surface area contributed by atoms with Gasteiger partial charge in [0.2, 0.25) is 16.0 Å². The van der Waals surface area contributed by atoms with Crippen molar-refractivity contribution in [2.45, 2.75) is 25.4 Å². The van der Waals surface area contributed by atoms with E-state index in [1.807, 2.05) is 0 Å². The number of benzene rings is 1. The first-order valence-electron chi connectivity index (χ1n) is 8.73. The number of carbonyl (C=O) groups is 3. The lowest BCUT2D eigenvalue weighted by Gasteiger charge is -2.35. The van der Waals surface area contributed by atoms with Crippen LogP contribution in [0.15, 0.2) is 23.2 Å². The summed E-state index contributed by atoms with van der Waals surface area (Å²) >= 11 is 12.0. The Bertz CT molecular complexity index is 1010. The normalized spacial score (nSPS) is 21.8. The van der Waals surface area contributed by atoms with Crippen molar-refractivity contribution in [3.63, 3.8) is 0 Å². The van der Waals surface area contributed by atoms with Gasteiger partial charge in [0.1, 0.15) is 0 Å². The summed E-state index contributed by atoms with van der Waals surface area (Å²) in [5.41, 5.74) is 0.516. The van der Waals surface area contributed by atoms with Crippen LogP contribution < -0.4 is 5.32 Å². The molecule has 1 atom stereocenters. The summed E-state index contributed by atoms with van der Waals surface area (Å²) < 4.78 is 25.7. The van der Waals surface area contributed by atoms with E-state index in [0.29, 0.717) is 28.5 Å². The molecule has 1 fully saturated rings. The molecule has 0 aliphatic carbocycles. The van der Waals surface area contributed by atoms with Crippen LogP contribution in [0.2, 0.25) is 10.0 Å². The Kier molecular flexibility index (Phi) is 6.16. The lowest BCUT2D eigenvalue weighted by atomic mass is 10.1. The van der Waals surface area contributed by atoms with Crippen molar-refractivity contribution in [3.8, 4) is 0 Å². The van der Waals surface area contributed by atoms with Crippen LogP contribution in [0, 0.1) is 0 Å². The van der Waals surface area contributed by atoms with E-state index >= 15 is 0 Å². The van der Waals surface area contributed by atoms with Crippen molar-refractivity contribution in [2.75, 3.05) is 19.3 Å². The van der Waals surface area contributed by atoms with Gasteiger partial charge in [-0.05, 0) is 36.6 Å². The molecule has 1 saturated heterocycles. The van der Waals surface area contributed by atoms with Crippen molar-refractivity contribution < 1.29 is 22.8 Å². The van der Waals surface area contributed by atoms with Crippen LogP contribution in [0.3, 0.4) is 0 Å². The van der Waals surface area contributed by atoms with Gasteiger partial charge in [-0.15, -0.1) is 0 Å². The zero-order valence-corrected chi connectivity index (χ0v) is 17.7. The highest BCUT2D eigenvalue weighted by molar-refractivity contribution is 7.89. The first-order valence-corrected chi connectivity index (χ1v) is 11.1. The van der Waals surface area contributed by atoms with E-state index in [1.165, 1.54) is 7.05 Å². The van der Waals surface area contributed by atoms with Crippen molar-refractivity contribution in [1.29, 1.82) is 0 Å². The van der Waals surface area contributed by atoms with E-state index in [4.69, 9.17) is 23.2 Å². The highest BCUT2D eigenvalue weighted by atomic mass is 35.5. The monoisotopic (exact) mass is 460 g/mol.